The fourth-order valence-electron chi connectivity index (χ4n) is 2.73. The molecule has 5 heteroatoms. The molecule has 1 aromatic carbocycles. The molecule has 0 bridgehead atoms. The zero-order chi connectivity index (χ0) is 14.7. The summed E-state index contributed by atoms with van der Waals surface area (Å²) < 4.78 is 13.2. The zero-order valence-electron chi connectivity index (χ0n) is 11.9. The molecule has 2 aromatic rings. The largest absolute Gasteiger partial charge is 0.396 e. The van der Waals surface area contributed by atoms with E-state index in [0.29, 0.717) is 0 Å². The maximum atomic E-state index is 13.2. The van der Waals surface area contributed by atoms with E-state index in [2.05, 4.69) is 14.8 Å². The van der Waals surface area contributed by atoms with Crippen molar-refractivity contribution in [3.8, 4) is 0 Å². The van der Waals surface area contributed by atoms with Crippen molar-refractivity contribution in [2.75, 3.05) is 36.8 Å². The molecule has 1 aromatic heterocycles. The molecule has 2 N–H and O–H groups in total. The van der Waals surface area contributed by atoms with Crippen molar-refractivity contribution < 1.29 is 4.39 Å². The first-order valence-electron chi connectivity index (χ1n) is 7.13. The summed E-state index contributed by atoms with van der Waals surface area (Å²) in [5, 5.41) is 0. The van der Waals surface area contributed by atoms with E-state index in [9.17, 15) is 4.39 Å². The van der Waals surface area contributed by atoms with E-state index < -0.39 is 0 Å². The van der Waals surface area contributed by atoms with Gasteiger partial charge in [-0.1, -0.05) is 12.1 Å². The molecule has 0 radical (unpaired) electrons. The molecule has 0 spiro atoms. The molecule has 3 rings (SSSR count). The van der Waals surface area contributed by atoms with E-state index in [-0.39, 0.29) is 5.82 Å². The molecular weight excluding hydrogens is 267 g/mol. The Kier molecular flexibility index (Phi) is 4.01. The maximum Gasteiger partial charge on any atom is 0.123 e. The lowest BCUT2D eigenvalue weighted by atomic mass is 10.2. The van der Waals surface area contributed by atoms with Crippen LogP contribution in [-0.2, 0) is 6.54 Å². The Hall–Kier alpha value is -2.14. The molecule has 1 saturated heterocycles. The summed E-state index contributed by atoms with van der Waals surface area (Å²) in [6, 6.07) is 8.77. The summed E-state index contributed by atoms with van der Waals surface area (Å²) in [6.45, 7) is 4.51. The highest BCUT2D eigenvalue weighted by atomic mass is 19.1. The molecule has 2 heterocycles. The van der Waals surface area contributed by atoms with Crippen LogP contribution in [0.15, 0.2) is 42.7 Å². The molecule has 1 fully saturated rings. The Morgan fingerprint density at radius 1 is 1.14 bits per heavy atom. The minimum atomic E-state index is -0.171. The summed E-state index contributed by atoms with van der Waals surface area (Å²) in [5.41, 5.74) is 8.76. The van der Waals surface area contributed by atoms with Gasteiger partial charge in [0.15, 0.2) is 0 Å². The first-order chi connectivity index (χ1) is 10.2. The van der Waals surface area contributed by atoms with Crippen molar-refractivity contribution in [2.45, 2.75) is 6.54 Å². The summed E-state index contributed by atoms with van der Waals surface area (Å²) in [5.74, 6) is -0.171. The van der Waals surface area contributed by atoms with Crippen molar-refractivity contribution in [1.29, 1.82) is 0 Å². The van der Waals surface area contributed by atoms with Crippen LogP contribution in [-0.4, -0.2) is 36.1 Å². The van der Waals surface area contributed by atoms with Crippen molar-refractivity contribution in [3.05, 3.63) is 54.1 Å². The summed E-state index contributed by atoms with van der Waals surface area (Å²) in [6.07, 6.45) is 3.46. The highest BCUT2D eigenvalue weighted by Gasteiger charge is 2.18. The third kappa shape index (κ3) is 3.31. The minimum Gasteiger partial charge on any atom is -0.396 e. The Bertz CT molecular complexity index is 609. The van der Waals surface area contributed by atoms with Gasteiger partial charge in [0, 0.05) is 38.9 Å². The summed E-state index contributed by atoms with van der Waals surface area (Å²) in [7, 11) is 0. The number of anilines is 2. The van der Waals surface area contributed by atoms with Crippen LogP contribution in [0.2, 0.25) is 0 Å². The number of piperazine rings is 1. The van der Waals surface area contributed by atoms with E-state index in [0.717, 1.165) is 49.7 Å². The second-order valence-corrected chi connectivity index (χ2v) is 5.33. The monoisotopic (exact) mass is 286 g/mol. The molecule has 0 amide bonds. The predicted molar refractivity (Wildman–Crippen MR) is 82.5 cm³/mol. The van der Waals surface area contributed by atoms with Gasteiger partial charge in [0.25, 0.3) is 0 Å². The van der Waals surface area contributed by atoms with Crippen LogP contribution in [0, 0.1) is 5.82 Å². The average Bonchev–Trinajstić information content (AvgIpc) is 2.49. The van der Waals surface area contributed by atoms with Crippen molar-refractivity contribution in [2.24, 2.45) is 0 Å². The van der Waals surface area contributed by atoms with Gasteiger partial charge in [0.1, 0.15) is 5.82 Å². The number of hydrogen-bond donors (Lipinski definition) is 1. The number of nitrogens with zero attached hydrogens (tertiary/aromatic N) is 3. The Morgan fingerprint density at radius 2 is 1.95 bits per heavy atom. The number of rotatable bonds is 3. The topological polar surface area (TPSA) is 45.4 Å². The number of nitrogens with two attached hydrogens (primary N) is 1. The number of hydrogen-bond acceptors (Lipinski definition) is 4. The molecule has 4 nitrogen and oxygen atoms in total. The van der Waals surface area contributed by atoms with Crippen molar-refractivity contribution in [1.82, 2.24) is 9.88 Å². The van der Waals surface area contributed by atoms with E-state index in [1.165, 1.54) is 6.07 Å². The lowest BCUT2D eigenvalue weighted by Crippen LogP contribution is -2.46. The second-order valence-electron chi connectivity index (χ2n) is 5.33. The van der Waals surface area contributed by atoms with Crippen LogP contribution >= 0.6 is 0 Å². The van der Waals surface area contributed by atoms with E-state index >= 15 is 0 Å². The third-order valence-electron chi connectivity index (χ3n) is 3.84. The van der Waals surface area contributed by atoms with Gasteiger partial charge < -0.3 is 10.6 Å². The average molecular weight is 286 g/mol. The summed E-state index contributed by atoms with van der Waals surface area (Å²) >= 11 is 0. The quantitative estimate of drug-likeness (QED) is 0.939. The maximum absolute atomic E-state index is 13.2. The minimum absolute atomic E-state index is 0.171. The van der Waals surface area contributed by atoms with Gasteiger partial charge in [0.05, 0.1) is 17.6 Å². The fourth-order valence-corrected chi connectivity index (χ4v) is 2.73. The molecule has 1 aliphatic rings. The Balaban J connectivity index is 1.59. The van der Waals surface area contributed by atoms with Crippen LogP contribution in [0.5, 0.6) is 0 Å². The van der Waals surface area contributed by atoms with E-state index in [1.54, 1.807) is 24.5 Å². The van der Waals surface area contributed by atoms with Crippen LogP contribution in [0.25, 0.3) is 0 Å². The molecule has 21 heavy (non-hydrogen) atoms. The van der Waals surface area contributed by atoms with Crippen molar-refractivity contribution >= 4 is 11.4 Å². The number of pyridine rings is 1. The van der Waals surface area contributed by atoms with Gasteiger partial charge in [-0.25, -0.2) is 4.39 Å². The highest BCUT2D eigenvalue weighted by Crippen LogP contribution is 2.23. The Morgan fingerprint density at radius 3 is 2.67 bits per heavy atom. The van der Waals surface area contributed by atoms with Crippen molar-refractivity contribution in [3.63, 3.8) is 0 Å². The predicted octanol–water partition coefficient (Wildman–Crippen LogP) is 2.13. The summed E-state index contributed by atoms with van der Waals surface area (Å²) in [4.78, 5) is 8.63. The lowest BCUT2D eigenvalue weighted by molar-refractivity contribution is 0.249. The molecule has 0 atom stereocenters. The van der Waals surface area contributed by atoms with Gasteiger partial charge in [-0.05, 0) is 23.8 Å². The van der Waals surface area contributed by atoms with Crippen LogP contribution in [0.1, 0.15) is 5.56 Å². The number of aromatic nitrogens is 1. The van der Waals surface area contributed by atoms with Gasteiger partial charge in [-0.15, -0.1) is 0 Å². The molecule has 0 aliphatic carbocycles. The standard InChI is InChI=1S/C16H19FN4/c17-14-3-1-2-13(10-14)12-20-6-8-21(9-7-20)16-4-5-19-11-15(16)18/h1-5,10-11H,6-9,12,18H2. The Labute approximate surface area is 124 Å². The normalized spacial score (nSPS) is 16.1. The van der Waals surface area contributed by atoms with E-state index in [4.69, 9.17) is 5.73 Å². The number of benzene rings is 1. The third-order valence-corrected chi connectivity index (χ3v) is 3.84. The van der Waals surface area contributed by atoms with Gasteiger partial charge in [0.2, 0.25) is 0 Å². The highest BCUT2D eigenvalue weighted by molar-refractivity contribution is 5.66. The number of halogens is 1. The van der Waals surface area contributed by atoms with Gasteiger partial charge >= 0.3 is 0 Å². The second kappa shape index (κ2) is 6.10. The SMILES string of the molecule is Nc1cnccc1N1CCN(Cc2cccc(F)c2)CC1. The lowest BCUT2D eigenvalue weighted by Gasteiger charge is -2.36. The zero-order valence-corrected chi connectivity index (χ0v) is 11.9. The molecule has 1 aliphatic heterocycles. The van der Waals surface area contributed by atoms with Crippen LogP contribution in [0.3, 0.4) is 0 Å². The van der Waals surface area contributed by atoms with E-state index in [1.807, 2.05) is 12.1 Å². The smallest absolute Gasteiger partial charge is 0.123 e. The number of nitrogen functional groups attached to an aromatic ring is 1. The van der Waals surface area contributed by atoms with Gasteiger partial charge in [-0.2, -0.15) is 0 Å². The van der Waals surface area contributed by atoms with Crippen LogP contribution < -0.4 is 10.6 Å². The molecule has 110 valence electrons. The van der Waals surface area contributed by atoms with Crippen LogP contribution in [0.4, 0.5) is 15.8 Å². The van der Waals surface area contributed by atoms with Gasteiger partial charge in [-0.3, -0.25) is 9.88 Å². The first kappa shape index (κ1) is 13.8. The molecule has 0 saturated carbocycles. The fraction of sp³-hybridized carbons (Fsp3) is 0.312. The first-order valence-corrected chi connectivity index (χ1v) is 7.13. The molecular formula is C16H19FN4. The molecule has 0 unspecified atom stereocenters.